The molecule has 4 aromatic rings. The molecule has 1 fully saturated rings. The van der Waals surface area contributed by atoms with Crippen molar-refractivity contribution in [3.05, 3.63) is 79.4 Å². The van der Waals surface area contributed by atoms with Crippen LogP contribution in [0.2, 0.25) is 0 Å². The zero-order valence-corrected chi connectivity index (χ0v) is 19.9. The van der Waals surface area contributed by atoms with E-state index in [1.54, 1.807) is 24.4 Å². The van der Waals surface area contributed by atoms with E-state index in [2.05, 4.69) is 42.4 Å². The van der Waals surface area contributed by atoms with Crippen LogP contribution in [0.25, 0.3) is 22.2 Å². The first kappa shape index (κ1) is 24.3. The first-order valence-corrected chi connectivity index (χ1v) is 11.8. The largest absolute Gasteiger partial charge is 0.380 e. The van der Waals surface area contributed by atoms with Crippen LogP contribution in [0, 0.1) is 5.82 Å². The predicted octanol–water partition coefficient (Wildman–Crippen LogP) is 4.76. The van der Waals surface area contributed by atoms with Crippen LogP contribution in [-0.2, 0) is 4.79 Å². The van der Waals surface area contributed by atoms with Crippen LogP contribution in [0.3, 0.4) is 0 Å². The number of aromatic nitrogens is 3. The van der Waals surface area contributed by atoms with E-state index >= 15 is 4.39 Å². The summed E-state index contributed by atoms with van der Waals surface area (Å²) >= 11 is 0. The second kappa shape index (κ2) is 10.7. The summed E-state index contributed by atoms with van der Waals surface area (Å²) in [7, 11) is 0. The monoisotopic (exact) mass is 501 g/mol. The molecule has 2 aromatic carbocycles. The molecule has 188 valence electrons. The SMILES string of the molecule is C=CC(=O)Nc1ccnc(-c2c(F)ccc3cnc(Nc4ccc(NC5CN(CCF)C5)cc4)nc23)c1. The highest BCUT2D eigenvalue weighted by atomic mass is 19.1. The number of nitrogens with one attached hydrogen (secondary N) is 3. The van der Waals surface area contributed by atoms with Crippen molar-refractivity contribution in [3.8, 4) is 11.3 Å². The number of halogens is 2. The number of hydrogen-bond acceptors (Lipinski definition) is 7. The number of fused-ring (bicyclic) bond motifs is 1. The zero-order valence-electron chi connectivity index (χ0n) is 19.9. The van der Waals surface area contributed by atoms with Crippen molar-refractivity contribution in [3.63, 3.8) is 0 Å². The van der Waals surface area contributed by atoms with Crippen LogP contribution in [0.15, 0.2) is 73.6 Å². The Morgan fingerprint density at radius 3 is 2.62 bits per heavy atom. The molecule has 1 aliphatic heterocycles. The Bertz CT molecular complexity index is 1440. The minimum atomic E-state index is -0.492. The summed E-state index contributed by atoms with van der Waals surface area (Å²) in [6, 6.07) is 14.1. The lowest BCUT2D eigenvalue weighted by molar-refractivity contribution is -0.111. The molecule has 3 heterocycles. The van der Waals surface area contributed by atoms with Crippen molar-refractivity contribution in [2.24, 2.45) is 0 Å². The van der Waals surface area contributed by atoms with E-state index in [-0.39, 0.29) is 18.1 Å². The quantitative estimate of drug-likeness (QED) is 0.285. The highest BCUT2D eigenvalue weighted by Crippen LogP contribution is 2.31. The summed E-state index contributed by atoms with van der Waals surface area (Å²) in [5.74, 6) is -0.567. The van der Waals surface area contributed by atoms with E-state index in [0.717, 1.165) is 30.5 Å². The highest BCUT2D eigenvalue weighted by molar-refractivity contribution is 6.00. The van der Waals surface area contributed by atoms with Crippen molar-refractivity contribution >= 4 is 39.8 Å². The molecule has 3 N–H and O–H groups in total. The van der Waals surface area contributed by atoms with E-state index in [1.165, 1.54) is 12.3 Å². The van der Waals surface area contributed by atoms with E-state index < -0.39 is 5.82 Å². The van der Waals surface area contributed by atoms with Gasteiger partial charge in [0.25, 0.3) is 0 Å². The molecule has 0 atom stereocenters. The van der Waals surface area contributed by atoms with Crippen LogP contribution in [0.4, 0.5) is 31.8 Å². The normalized spacial score (nSPS) is 13.7. The van der Waals surface area contributed by atoms with E-state index in [4.69, 9.17) is 0 Å². The molecule has 0 saturated carbocycles. The molecule has 0 radical (unpaired) electrons. The van der Waals surface area contributed by atoms with Crippen LogP contribution >= 0.6 is 0 Å². The number of carbonyl (C=O) groups excluding carboxylic acids is 1. The first-order valence-electron chi connectivity index (χ1n) is 11.8. The van der Waals surface area contributed by atoms with Gasteiger partial charge in [0.1, 0.15) is 12.5 Å². The Labute approximate surface area is 212 Å². The fourth-order valence-electron chi connectivity index (χ4n) is 4.19. The fourth-order valence-corrected chi connectivity index (χ4v) is 4.19. The minimum Gasteiger partial charge on any atom is -0.380 e. The number of amides is 1. The summed E-state index contributed by atoms with van der Waals surface area (Å²) in [6.45, 7) is 5.25. The summed E-state index contributed by atoms with van der Waals surface area (Å²) < 4.78 is 27.4. The van der Waals surface area contributed by atoms with Crippen LogP contribution < -0.4 is 16.0 Å². The van der Waals surface area contributed by atoms with Gasteiger partial charge in [0.05, 0.1) is 22.8 Å². The Morgan fingerprint density at radius 1 is 1.08 bits per heavy atom. The molecule has 1 saturated heterocycles. The van der Waals surface area contributed by atoms with Crippen molar-refractivity contribution < 1.29 is 13.6 Å². The molecule has 0 unspecified atom stereocenters. The van der Waals surface area contributed by atoms with Gasteiger partial charge in [-0.25, -0.2) is 18.7 Å². The van der Waals surface area contributed by atoms with Gasteiger partial charge in [-0.05, 0) is 54.6 Å². The number of rotatable bonds is 9. The van der Waals surface area contributed by atoms with Gasteiger partial charge in [-0.1, -0.05) is 6.58 Å². The molecule has 37 heavy (non-hydrogen) atoms. The maximum Gasteiger partial charge on any atom is 0.247 e. The molecule has 0 bridgehead atoms. The number of carbonyl (C=O) groups is 1. The summed E-state index contributed by atoms with van der Waals surface area (Å²) in [4.78, 5) is 27.0. The number of alkyl halides is 1. The van der Waals surface area contributed by atoms with Crippen molar-refractivity contribution in [2.45, 2.75) is 6.04 Å². The lowest BCUT2D eigenvalue weighted by Crippen LogP contribution is -2.55. The lowest BCUT2D eigenvalue weighted by Gasteiger charge is -2.39. The van der Waals surface area contributed by atoms with Crippen LogP contribution in [0.5, 0.6) is 0 Å². The molecule has 2 aromatic heterocycles. The Hall–Kier alpha value is -4.44. The summed E-state index contributed by atoms with van der Waals surface area (Å²) in [5, 5.41) is 9.89. The maximum absolute atomic E-state index is 15.0. The molecular formula is C27H25F2N7O. The second-order valence-corrected chi connectivity index (χ2v) is 8.67. The van der Waals surface area contributed by atoms with E-state index in [1.807, 2.05) is 24.3 Å². The van der Waals surface area contributed by atoms with Gasteiger partial charge < -0.3 is 16.0 Å². The third-order valence-corrected chi connectivity index (χ3v) is 6.04. The number of benzene rings is 2. The second-order valence-electron chi connectivity index (χ2n) is 8.67. The molecule has 5 rings (SSSR count). The maximum atomic E-state index is 15.0. The summed E-state index contributed by atoms with van der Waals surface area (Å²) in [6.07, 6.45) is 4.26. The topological polar surface area (TPSA) is 95.1 Å². The van der Waals surface area contributed by atoms with Gasteiger partial charge in [-0.15, -0.1) is 0 Å². The lowest BCUT2D eigenvalue weighted by atomic mass is 10.1. The van der Waals surface area contributed by atoms with Crippen molar-refractivity contribution in [1.29, 1.82) is 0 Å². The molecule has 1 aliphatic rings. The molecule has 1 amide bonds. The number of likely N-dealkylation sites (tertiary alicyclic amines) is 1. The Balaban J connectivity index is 1.36. The van der Waals surface area contributed by atoms with Crippen LogP contribution in [-0.4, -0.2) is 58.1 Å². The van der Waals surface area contributed by atoms with Gasteiger partial charge in [0.15, 0.2) is 0 Å². The molecule has 8 nitrogen and oxygen atoms in total. The number of nitrogens with zero attached hydrogens (tertiary/aromatic N) is 4. The molecule has 0 spiro atoms. The zero-order chi connectivity index (χ0) is 25.8. The number of pyridine rings is 1. The number of hydrogen-bond donors (Lipinski definition) is 3. The molecule has 0 aliphatic carbocycles. The Kier molecular flexibility index (Phi) is 7.00. The third kappa shape index (κ3) is 5.54. The van der Waals surface area contributed by atoms with Crippen molar-refractivity contribution in [2.75, 3.05) is 42.3 Å². The average molecular weight is 502 g/mol. The van der Waals surface area contributed by atoms with Gasteiger partial charge >= 0.3 is 0 Å². The van der Waals surface area contributed by atoms with Gasteiger partial charge in [-0.3, -0.25) is 14.7 Å². The molecular weight excluding hydrogens is 476 g/mol. The van der Waals surface area contributed by atoms with E-state index in [9.17, 15) is 9.18 Å². The minimum absolute atomic E-state index is 0.208. The molecule has 10 heteroatoms. The van der Waals surface area contributed by atoms with Gasteiger partial charge in [-0.2, -0.15) is 0 Å². The summed E-state index contributed by atoms with van der Waals surface area (Å²) in [5.41, 5.74) is 3.12. The number of anilines is 4. The average Bonchev–Trinajstić information content (AvgIpc) is 2.88. The van der Waals surface area contributed by atoms with Gasteiger partial charge in [0.2, 0.25) is 11.9 Å². The predicted molar refractivity (Wildman–Crippen MR) is 141 cm³/mol. The highest BCUT2D eigenvalue weighted by Gasteiger charge is 2.25. The first-order chi connectivity index (χ1) is 18.0. The van der Waals surface area contributed by atoms with Crippen molar-refractivity contribution in [1.82, 2.24) is 19.9 Å². The fraction of sp³-hybridized carbons (Fsp3) is 0.185. The third-order valence-electron chi connectivity index (χ3n) is 6.04. The standard InChI is InChI=1S/C27H25F2N7O/c1-2-24(37)33-20-9-11-30-23(13-20)25-22(29)8-3-17-14-31-27(35-26(17)25)34-19-6-4-18(5-7-19)32-21-15-36(16-21)12-10-28/h2-9,11,13-14,21,32H,1,10,12,15-16H2,(H,30,33,37)(H,31,34,35). The van der Waals surface area contributed by atoms with Crippen LogP contribution in [0.1, 0.15) is 0 Å². The Morgan fingerprint density at radius 2 is 1.86 bits per heavy atom. The smallest absolute Gasteiger partial charge is 0.247 e. The van der Waals surface area contributed by atoms with Gasteiger partial charge in [0, 0.05) is 54.5 Å². The van der Waals surface area contributed by atoms with E-state index in [0.29, 0.717) is 40.8 Å².